The Kier molecular flexibility index (Phi) is 7.36. The van der Waals surface area contributed by atoms with Crippen LogP contribution in [0.25, 0.3) is 0 Å². The Labute approximate surface area is 197 Å². The lowest BCUT2D eigenvalue weighted by molar-refractivity contribution is -0.136. The lowest BCUT2D eigenvalue weighted by atomic mass is 10.1. The molecule has 0 spiro atoms. The molecule has 0 bridgehead atoms. The second-order valence-electron chi connectivity index (χ2n) is 8.85. The second-order valence-corrected chi connectivity index (χ2v) is 10.7. The molecule has 2 aliphatic rings. The lowest BCUT2D eigenvalue weighted by Gasteiger charge is -2.37. The van der Waals surface area contributed by atoms with Crippen molar-refractivity contribution in [2.45, 2.75) is 37.1 Å². The molecule has 2 heterocycles. The van der Waals surface area contributed by atoms with Gasteiger partial charge in [0.15, 0.2) is 0 Å². The van der Waals surface area contributed by atoms with Crippen LogP contribution in [0.2, 0.25) is 0 Å². The minimum atomic E-state index is -3.68. The highest BCUT2D eigenvalue weighted by Crippen LogP contribution is 2.28. The molecule has 4 rings (SSSR count). The Morgan fingerprint density at radius 1 is 0.970 bits per heavy atom. The van der Waals surface area contributed by atoms with Crippen molar-refractivity contribution in [2.24, 2.45) is 0 Å². The third kappa shape index (κ3) is 5.39. The van der Waals surface area contributed by atoms with Crippen molar-refractivity contribution >= 4 is 15.9 Å². The predicted molar refractivity (Wildman–Crippen MR) is 128 cm³/mol. The normalized spacial score (nSPS) is 20.2. The van der Waals surface area contributed by atoms with Crippen LogP contribution >= 0.6 is 0 Å². The fourth-order valence-corrected chi connectivity index (χ4v) is 6.25. The third-order valence-corrected chi connectivity index (χ3v) is 8.60. The summed E-state index contributed by atoms with van der Waals surface area (Å²) in [6.07, 6.45) is 2.24. The Morgan fingerprint density at radius 2 is 1.64 bits per heavy atom. The van der Waals surface area contributed by atoms with Crippen molar-refractivity contribution in [1.82, 2.24) is 14.1 Å². The van der Waals surface area contributed by atoms with Gasteiger partial charge in [0, 0.05) is 39.3 Å². The largest absolute Gasteiger partial charge is 0.497 e. The first-order valence-corrected chi connectivity index (χ1v) is 13.0. The second kappa shape index (κ2) is 10.2. The first kappa shape index (κ1) is 23.7. The molecule has 0 aromatic heterocycles. The highest BCUT2D eigenvalue weighted by Gasteiger charge is 2.41. The van der Waals surface area contributed by atoms with Crippen LogP contribution in [0.15, 0.2) is 53.4 Å². The molecule has 33 heavy (non-hydrogen) atoms. The topological polar surface area (TPSA) is 70.2 Å². The van der Waals surface area contributed by atoms with Crippen molar-refractivity contribution in [2.75, 3.05) is 46.4 Å². The molecule has 2 aromatic rings. The number of rotatable bonds is 7. The molecule has 2 fully saturated rings. The van der Waals surface area contributed by atoms with E-state index in [1.54, 1.807) is 31.4 Å². The maximum Gasteiger partial charge on any atom is 0.243 e. The Morgan fingerprint density at radius 3 is 2.27 bits per heavy atom. The molecule has 2 saturated heterocycles. The van der Waals surface area contributed by atoms with Crippen molar-refractivity contribution in [3.63, 3.8) is 0 Å². The van der Waals surface area contributed by atoms with Gasteiger partial charge < -0.3 is 9.64 Å². The summed E-state index contributed by atoms with van der Waals surface area (Å²) in [5, 5.41) is 0. The monoisotopic (exact) mass is 471 g/mol. The van der Waals surface area contributed by atoms with Crippen LogP contribution in [0, 0.1) is 6.92 Å². The molecular weight excluding hydrogens is 438 g/mol. The summed E-state index contributed by atoms with van der Waals surface area (Å²) < 4.78 is 33.0. The molecule has 0 radical (unpaired) electrons. The van der Waals surface area contributed by atoms with E-state index in [0.29, 0.717) is 32.5 Å². The zero-order chi connectivity index (χ0) is 23.4. The van der Waals surface area contributed by atoms with E-state index >= 15 is 0 Å². The maximum atomic E-state index is 13.3. The summed E-state index contributed by atoms with van der Waals surface area (Å²) >= 11 is 0. The van der Waals surface area contributed by atoms with Gasteiger partial charge in [-0.1, -0.05) is 29.8 Å². The maximum absolute atomic E-state index is 13.3. The molecule has 0 unspecified atom stereocenters. The van der Waals surface area contributed by atoms with Gasteiger partial charge in [0.05, 0.1) is 12.0 Å². The lowest BCUT2D eigenvalue weighted by Crippen LogP contribution is -2.54. The van der Waals surface area contributed by atoms with Crippen LogP contribution in [0.3, 0.4) is 0 Å². The number of amides is 1. The van der Waals surface area contributed by atoms with Gasteiger partial charge in [-0.2, -0.15) is 4.31 Å². The summed E-state index contributed by atoms with van der Waals surface area (Å²) in [7, 11) is -2.01. The van der Waals surface area contributed by atoms with Crippen LogP contribution in [-0.2, 0) is 21.2 Å². The minimum Gasteiger partial charge on any atom is -0.497 e. The molecule has 2 aliphatic heterocycles. The Hall–Kier alpha value is -2.42. The van der Waals surface area contributed by atoms with Gasteiger partial charge in [0.1, 0.15) is 11.8 Å². The van der Waals surface area contributed by atoms with Crippen molar-refractivity contribution in [3.8, 4) is 5.75 Å². The third-order valence-electron chi connectivity index (χ3n) is 6.68. The van der Waals surface area contributed by atoms with Gasteiger partial charge in [-0.25, -0.2) is 8.42 Å². The van der Waals surface area contributed by atoms with Crippen molar-refractivity contribution < 1.29 is 17.9 Å². The highest BCUT2D eigenvalue weighted by atomic mass is 32.2. The number of hydrogen-bond donors (Lipinski definition) is 0. The quantitative estimate of drug-likeness (QED) is 0.621. The number of piperazine rings is 1. The summed E-state index contributed by atoms with van der Waals surface area (Å²) in [4.78, 5) is 17.7. The van der Waals surface area contributed by atoms with E-state index in [1.165, 1.54) is 9.87 Å². The van der Waals surface area contributed by atoms with E-state index in [9.17, 15) is 13.2 Å². The van der Waals surface area contributed by atoms with Crippen LogP contribution in [0.1, 0.15) is 24.0 Å². The Bertz CT molecular complexity index is 1050. The number of methoxy groups -OCH3 is 1. The number of carbonyl (C=O) groups excluding carboxylic acids is 1. The number of benzene rings is 2. The predicted octanol–water partition coefficient (Wildman–Crippen LogP) is 2.54. The fourth-order valence-electron chi connectivity index (χ4n) is 4.60. The molecule has 2 aromatic carbocycles. The molecule has 7 nitrogen and oxygen atoms in total. The van der Waals surface area contributed by atoms with Crippen LogP contribution < -0.4 is 4.74 Å². The minimum absolute atomic E-state index is 0.0574. The molecule has 0 saturated carbocycles. The van der Waals surface area contributed by atoms with Gasteiger partial charge >= 0.3 is 0 Å². The zero-order valence-corrected chi connectivity index (χ0v) is 20.3. The van der Waals surface area contributed by atoms with Gasteiger partial charge in [-0.3, -0.25) is 9.69 Å². The number of aryl methyl sites for hydroxylation is 1. The van der Waals surface area contributed by atoms with Crippen LogP contribution in [-0.4, -0.2) is 80.9 Å². The fraction of sp³-hybridized carbons (Fsp3) is 0.480. The van der Waals surface area contributed by atoms with Gasteiger partial charge in [-0.15, -0.1) is 0 Å². The average Bonchev–Trinajstić information content (AvgIpc) is 3.34. The van der Waals surface area contributed by atoms with Gasteiger partial charge in [0.2, 0.25) is 15.9 Å². The molecular formula is C25H33N3O4S. The van der Waals surface area contributed by atoms with E-state index in [2.05, 4.69) is 17.0 Å². The molecule has 1 atom stereocenters. The van der Waals surface area contributed by atoms with Crippen LogP contribution in [0.4, 0.5) is 0 Å². The van der Waals surface area contributed by atoms with Gasteiger partial charge in [-0.05, 0) is 56.0 Å². The van der Waals surface area contributed by atoms with E-state index in [4.69, 9.17) is 4.74 Å². The zero-order valence-electron chi connectivity index (χ0n) is 19.4. The summed E-state index contributed by atoms with van der Waals surface area (Å²) in [6.45, 7) is 6.14. The number of sulfonamides is 1. The summed E-state index contributed by atoms with van der Waals surface area (Å²) in [5.74, 6) is 0.800. The molecule has 0 aliphatic carbocycles. The number of carbonyl (C=O) groups is 1. The molecule has 178 valence electrons. The van der Waals surface area contributed by atoms with Gasteiger partial charge in [0.25, 0.3) is 0 Å². The SMILES string of the molecule is COc1ccc(CCN2CCN(C(=O)[C@@H]3CCCN3S(=O)(=O)c3ccc(C)cc3)CC2)cc1. The van der Waals surface area contributed by atoms with E-state index in [1.807, 2.05) is 24.0 Å². The average molecular weight is 472 g/mol. The molecule has 1 amide bonds. The summed E-state index contributed by atoms with van der Waals surface area (Å²) in [5.41, 5.74) is 2.27. The first-order chi connectivity index (χ1) is 15.9. The van der Waals surface area contributed by atoms with E-state index in [0.717, 1.165) is 37.4 Å². The standard InChI is InChI=1S/C25H33N3O4S/c1-20-5-11-23(12-6-20)33(30,31)28-14-3-4-24(28)25(29)27-18-16-26(17-19-27)15-13-21-7-9-22(32-2)10-8-21/h5-12,24H,3-4,13-19H2,1-2H3/t24-/m0/s1. The number of ether oxygens (including phenoxy) is 1. The first-order valence-electron chi connectivity index (χ1n) is 11.6. The Balaban J connectivity index is 1.32. The molecule has 0 N–H and O–H groups in total. The highest BCUT2D eigenvalue weighted by molar-refractivity contribution is 7.89. The number of hydrogen-bond acceptors (Lipinski definition) is 5. The number of nitrogens with zero attached hydrogens (tertiary/aromatic N) is 3. The smallest absolute Gasteiger partial charge is 0.243 e. The van der Waals surface area contributed by atoms with Crippen LogP contribution in [0.5, 0.6) is 5.75 Å². The molecule has 8 heteroatoms. The summed E-state index contributed by atoms with van der Waals surface area (Å²) in [6, 6.07) is 14.4. The van der Waals surface area contributed by atoms with Crippen molar-refractivity contribution in [3.05, 3.63) is 59.7 Å². The van der Waals surface area contributed by atoms with E-state index < -0.39 is 16.1 Å². The van der Waals surface area contributed by atoms with Crippen molar-refractivity contribution in [1.29, 1.82) is 0 Å². The van der Waals surface area contributed by atoms with E-state index in [-0.39, 0.29) is 10.8 Å².